The normalized spacial score (nSPS) is 19.7. The Balaban J connectivity index is 1.77. The van der Waals surface area contributed by atoms with E-state index in [-0.39, 0.29) is 18.1 Å². The second-order valence-corrected chi connectivity index (χ2v) is 6.02. The van der Waals surface area contributed by atoms with Gasteiger partial charge in [0.25, 0.3) is 0 Å². The third kappa shape index (κ3) is 4.99. The van der Waals surface area contributed by atoms with Crippen molar-refractivity contribution in [2.24, 2.45) is 0 Å². The molecule has 116 valence electrons. The molecule has 1 heterocycles. The molecule has 0 unspecified atom stereocenters. The molecule has 5 heteroatoms. The molecule has 2 atom stereocenters. The quantitative estimate of drug-likeness (QED) is 0.878. The highest BCUT2D eigenvalue weighted by atomic mass is 35.5. The van der Waals surface area contributed by atoms with Crippen LogP contribution in [0.5, 0.6) is 0 Å². The van der Waals surface area contributed by atoms with Crippen LogP contribution in [-0.2, 0) is 9.53 Å². The Hall–Kier alpha value is -1.10. The van der Waals surface area contributed by atoms with Crippen molar-refractivity contribution in [2.75, 3.05) is 26.7 Å². The average Bonchev–Trinajstić information content (AvgIpc) is 2.98. The lowest BCUT2D eigenvalue weighted by atomic mass is 10.1. The van der Waals surface area contributed by atoms with Crippen LogP contribution in [0.15, 0.2) is 24.3 Å². The summed E-state index contributed by atoms with van der Waals surface area (Å²) in [6, 6.07) is 7.90. The number of ether oxygens (including phenoxy) is 1. The summed E-state index contributed by atoms with van der Waals surface area (Å²) in [4.78, 5) is 14.0. The number of carbonyl (C=O) groups excluding carboxylic acids is 1. The van der Waals surface area contributed by atoms with E-state index in [2.05, 4.69) is 12.2 Å². The zero-order valence-corrected chi connectivity index (χ0v) is 13.4. The van der Waals surface area contributed by atoms with Crippen molar-refractivity contribution in [1.29, 1.82) is 0 Å². The minimum Gasteiger partial charge on any atom is -0.376 e. The van der Waals surface area contributed by atoms with E-state index in [0.717, 1.165) is 30.0 Å². The van der Waals surface area contributed by atoms with E-state index in [1.807, 2.05) is 36.2 Å². The number of benzene rings is 1. The predicted octanol–water partition coefficient (Wildman–Crippen LogP) is 2.63. The van der Waals surface area contributed by atoms with Crippen LogP contribution in [0.4, 0.5) is 0 Å². The third-order valence-electron chi connectivity index (χ3n) is 3.96. The fourth-order valence-corrected chi connectivity index (χ4v) is 2.57. The molecule has 21 heavy (non-hydrogen) atoms. The molecule has 1 N–H and O–H groups in total. The first kappa shape index (κ1) is 16.3. The second kappa shape index (κ2) is 7.78. The first-order chi connectivity index (χ1) is 10.1. The number of halogens is 1. The van der Waals surface area contributed by atoms with Crippen LogP contribution in [0.2, 0.25) is 5.02 Å². The fourth-order valence-electron chi connectivity index (χ4n) is 2.45. The van der Waals surface area contributed by atoms with Gasteiger partial charge in [-0.25, -0.2) is 0 Å². The van der Waals surface area contributed by atoms with E-state index in [1.165, 1.54) is 0 Å². The molecule has 4 nitrogen and oxygen atoms in total. The maximum atomic E-state index is 12.0. The van der Waals surface area contributed by atoms with Crippen LogP contribution in [-0.4, -0.2) is 43.7 Å². The summed E-state index contributed by atoms with van der Waals surface area (Å²) in [5, 5.41) is 3.67. The second-order valence-electron chi connectivity index (χ2n) is 5.58. The van der Waals surface area contributed by atoms with E-state index in [4.69, 9.17) is 16.3 Å². The van der Waals surface area contributed by atoms with Crippen LogP contribution < -0.4 is 5.32 Å². The van der Waals surface area contributed by atoms with Crippen LogP contribution >= 0.6 is 11.6 Å². The summed E-state index contributed by atoms with van der Waals surface area (Å²) in [5.41, 5.74) is 1.15. The Morgan fingerprint density at radius 3 is 2.81 bits per heavy atom. The van der Waals surface area contributed by atoms with Gasteiger partial charge in [0.05, 0.1) is 12.6 Å². The van der Waals surface area contributed by atoms with Crippen molar-refractivity contribution >= 4 is 17.5 Å². The molecule has 1 aromatic carbocycles. The van der Waals surface area contributed by atoms with Gasteiger partial charge >= 0.3 is 0 Å². The lowest BCUT2D eigenvalue weighted by molar-refractivity contribution is -0.122. The molecule has 1 aliphatic rings. The monoisotopic (exact) mass is 310 g/mol. The highest BCUT2D eigenvalue weighted by Crippen LogP contribution is 2.20. The standard InChI is InChI=1S/C16H23ClN2O2/c1-12(13-5-7-14(17)8-6-13)19(2)11-16(20)18-10-15-4-3-9-21-15/h5-8,12,15H,3-4,9-11H2,1-2H3,(H,18,20)/t12-,15-/m0/s1. The van der Waals surface area contributed by atoms with Gasteiger partial charge in [0.2, 0.25) is 5.91 Å². The number of nitrogens with zero attached hydrogens (tertiary/aromatic N) is 1. The number of likely N-dealkylation sites (N-methyl/N-ethyl adjacent to an activating group) is 1. The zero-order valence-electron chi connectivity index (χ0n) is 12.6. The number of rotatable bonds is 6. The van der Waals surface area contributed by atoms with Gasteiger partial charge in [0.1, 0.15) is 0 Å². The van der Waals surface area contributed by atoms with E-state index >= 15 is 0 Å². The number of carbonyl (C=O) groups is 1. The summed E-state index contributed by atoms with van der Waals surface area (Å²) in [6.07, 6.45) is 2.32. The molecular weight excluding hydrogens is 288 g/mol. The highest BCUT2D eigenvalue weighted by molar-refractivity contribution is 6.30. The van der Waals surface area contributed by atoms with Crippen molar-refractivity contribution in [3.8, 4) is 0 Å². The van der Waals surface area contributed by atoms with Crippen molar-refractivity contribution < 1.29 is 9.53 Å². The largest absolute Gasteiger partial charge is 0.376 e. The van der Waals surface area contributed by atoms with E-state index in [1.54, 1.807) is 0 Å². The molecule has 1 aliphatic heterocycles. The van der Waals surface area contributed by atoms with Gasteiger partial charge in [0, 0.05) is 24.2 Å². The van der Waals surface area contributed by atoms with E-state index < -0.39 is 0 Å². The fraction of sp³-hybridized carbons (Fsp3) is 0.562. The summed E-state index contributed by atoms with van der Waals surface area (Å²) >= 11 is 5.89. The lowest BCUT2D eigenvalue weighted by Crippen LogP contribution is -2.39. The van der Waals surface area contributed by atoms with Crippen LogP contribution in [0, 0.1) is 0 Å². The van der Waals surface area contributed by atoms with Crippen LogP contribution in [0.3, 0.4) is 0 Å². The van der Waals surface area contributed by atoms with Gasteiger partial charge in [-0.3, -0.25) is 9.69 Å². The zero-order chi connectivity index (χ0) is 15.2. The van der Waals surface area contributed by atoms with Crippen molar-refractivity contribution in [3.05, 3.63) is 34.9 Å². The maximum Gasteiger partial charge on any atom is 0.234 e. The van der Waals surface area contributed by atoms with Gasteiger partial charge in [-0.1, -0.05) is 23.7 Å². The molecule has 0 bridgehead atoms. The molecule has 0 radical (unpaired) electrons. The molecular formula is C16H23ClN2O2. The van der Waals surface area contributed by atoms with Crippen molar-refractivity contribution in [1.82, 2.24) is 10.2 Å². The topological polar surface area (TPSA) is 41.6 Å². The van der Waals surface area contributed by atoms with Gasteiger partial charge in [0.15, 0.2) is 0 Å². The molecule has 0 saturated carbocycles. The highest BCUT2D eigenvalue weighted by Gasteiger charge is 2.18. The minimum absolute atomic E-state index is 0.0359. The molecule has 1 aromatic rings. The SMILES string of the molecule is C[C@@H](c1ccc(Cl)cc1)N(C)CC(=O)NC[C@@H]1CCCO1. The Morgan fingerprint density at radius 1 is 1.48 bits per heavy atom. The Kier molecular flexibility index (Phi) is 6.03. The molecule has 2 rings (SSSR count). The molecule has 1 fully saturated rings. The number of hydrogen-bond donors (Lipinski definition) is 1. The maximum absolute atomic E-state index is 12.0. The Bertz CT molecular complexity index is 458. The number of hydrogen-bond acceptors (Lipinski definition) is 3. The van der Waals surface area contributed by atoms with Crippen LogP contribution in [0.25, 0.3) is 0 Å². The first-order valence-electron chi connectivity index (χ1n) is 7.40. The number of amides is 1. The predicted molar refractivity (Wildman–Crippen MR) is 84.5 cm³/mol. The Morgan fingerprint density at radius 2 is 2.19 bits per heavy atom. The summed E-state index contributed by atoms with van der Waals surface area (Å²) in [7, 11) is 1.95. The molecule has 0 aliphatic carbocycles. The van der Waals surface area contributed by atoms with Gasteiger partial charge in [-0.2, -0.15) is 0 Å². The number of nitrogens with one attached hydrogen (secondary N) is 1. The van der Waals surface area contributed by atoms with E-state index in [9.17, 15) is 4.79 Å². The summed E-state index contributed by atoms with van der Waals surface area (Å²) in [5.74, 6) is 0.0359. The summed E-state index contributed by atoms with van der Waals surface area (Å²) in [6.45, 7) is 3.88. The van der Waals surface area contributed by atoms with Gasteiger partial charge in [-0.15, -0.1) is 0 Å². The van der Waals surface area contributed by atoms with Crippen molar-refractivity contribution in [3.63, 3.8) is 0 Å². The third-order valence-corrected chi connectivity index (χ3v) is 4.21. The van der Waals surface area contributed by atoms with Gasteiger partial charge < -0.3 is 10.1 Å². The van der Waals surface area contributed by atoms with Gasteiger partial charge in [-0.05, 0) is 44.5 Å². The molecule has 0 spiro atoms. The lowest BCUT2D eigenvalue weighted by Gasteiger charge is -2.24. The smallest absolute Gasteiger partial charge is 0.234 e. The molecule has 0 aromatic heterocycles. The van der Waals surface area contributed by atoms with E-state index in [0.29, 0.717) is 13.1 Å². The molecule has 1 saturated heterocycles. The molecule has 1 amide bonds. The Labute approximate surface area is 131 Å². The summed E-state index contributed by atoms with van der Waals surface area (Å²) < 4.78 is 5.50. The minimum atomic E-state index is 0.0359. The van der Waals surface area contributed by atoms with Crippen molar-refractivity contribution in [2.45, 2.75) is 31.9 Å². The average molecular weight is 311 g/mol. The first-order valence-corrected chi connectivity index (χ1v) is 7.78. The van der Waals surface area contributed by atoms with Crippen LogP contribution in [0.1, 0.15) is 31.4 Å².